The summed E-state index contributed by atoms with van der Waals surface area (Å²) in [5, 5.41) is 0. The molecule has 0 saturated heterocycles. The Balaban J connectivity index is 3.05. The zero-order chi connectivity index (χ0) is 8.97. The fourth-order valence-corrected chi connectivity index (χ4v) is 0.789. The molecule has 0 atom stereocenters. The van der Waals surface area contributed by atoms with Gasteiger partial charge in [-0.15, -0.1) is 11.6 Å². The van der Waals surface area contributed by atoms with Crippen molar-refractivity contribution in [1.29, 1.82) is 0 Å². The molecule has 1 aromatic rings. The van der Waals surface area contributed by atoms with E-state index in [4.69, 9.17) is 11.6 Å². The second kappa shape index (κ2) is 4.08. The van der Waals surface area contributed by atoms with Gasteiger partial charge >= 0.3 is 0 Å². The molecule has 0 heterocycles. The Morgan fingerprint density at radius 3 is 2.75 bits per heavy atom. The van der Waals surface area contributed by atoms with Gasteiger partial charge in [0.15, 0.2) is 0 Å². The number of hydrogen-bond acceptors (Lipinski definition) is 0. The first-order chi connectivity index (χ1) is 5.74. The van der Waals surface area contributed by atoms with Gasteiger partial charge in [-0.25, -0.2) is 8.78 Å². The van der Waals surface area contributed by atoms with Crippen LogP contribution in [0, 0.1) is 23.5 Å². The van der Waals surface area contributed by atoms with Gasteiger partial charge in [0.1, 0.15) is 11.6 Å². The van der Waals surface area contributed by atoms with Crippen LogP contribution in [-0.4, -0.2) is 5.88 Å². The van der Waals surface area contributed by atoms with E-state index >= 15 is 0 Å². The van der Waals surface area contributed by atoms with Gasteiger partial charge in [-0.3, -0.25) is 0 Å². The fraction of sp³-hybridized carbons (Fsp3) is 0.111. The highest BCUT2D eigenvalue weighted by molar-refractivity contribution is 6.19. The number of alkyl halides is 1. The van der Waals surface area contributed by atoms with E-state index in [0.29, 0.717) is 0 Å². The van der Waals surface area contributed by atoms with Gasteiger partial charge in [-0.05, 0) is 18.2 Å². The lowest BCUT2D eigenvalue weighted by molar-refractivity contribution is 0.597. The quantitative estimate of drug-likeness (QED) is 0.432. The van der Waals surface area contributed by atoms with Crippen LogP contribution in [0.1, 0.15) is 5.56 Å². The van der Waals surface area contributed by atoms with Gasteiger partial charge in [0.2, 0.25) is 0 Å². The van der Waals surface area contributed by atoms with Crippen LogP contribution in [0.4, 0.5) is 8.78 Å². The van der Waals surface area contributed by atoms with Crippen molar-refractivity contribution in [3.63, 3.8) is 0 Å². The summed E-state index contributed by atoms with van der Waals surface area (Å²) in [4.78, 5) is 0. The summed E-state index contributed by atoms with van der Waals surface area (Å²) < 4.78 is 25.3. The normalized spacial score (nSPS) is 8.92. The predicted molar refractivity (Wildman–Crippen MR) is 44.0 cm³/mol. The summed E-state index contributed by atoms with van der Waals surface area (Å²) >= 11 is 5.25. The summed E-state index contributed by atoms with van der Waals surface area (Å²) in [6.07, 6.45) is 0. The summed E-state index contributed by atoms with van der Waals surface area (Å²) in [6.45, 7) is 0. The largest absolute Gasteiger partial charge is 0.207 e. The molecule has 0 aliphatic heterocycles. The average Bonchev–Trinajstić information content (AvgIpc) is 2.07. The Kier molecular flexibility index (Phi) is 3.07. The Labute approximate surface area is 74.2 Å². The molecule has 62 valence electrons. The zero-order valence-electron chi connectivity index (χ0n) is 6.07. The third-order valence-corrected chi connectivity index (χ3v) is 1.35. The molecule has 0 radical (unpaired) electrons. The molecule has 1 rings (SSSR count). The Bertz CT molecular complexity index is 336. The molecule has 0 saturated carbocycles. The molecule has 0 fully saturated rings. The first-order valence-corrected chi connectivity index (χ1v) is 3.77. The van der Waals surface area contributed by atoms with E-state index in [-0.39, 0.29) is 11.4 Å². The number of rotatable bonds is 0. The van der Waals surface area contributed by atoms with E-state index in [1.807, 2.05) is 0 Å². The van der Waals surface area contributed by atoms with Gasteiger partial charge in [0.25, 0.3) is 0 Å². The molecule has 12 heavy (non-hydrogen) atoms. The smallest absolute Gasteiger partial charge is 0.139 e. The van der Waals surface area contributed by atoms with E-state index < -0.39 is 11.6 Å². The first kappa shape index (κ1) is 9.02. The lowest BCUT2D eigenvalue weighted by Crippen LogP contribution is -1.84. The molecule has 0 N–H and O–H groups in total. The highest BCUT2D eigenvalue weighted by atomic mass is 35.5. The van der Waals surface area contributed by atoms with Crippen LogP contribution in [0.5, 0.6) is 0 Å². The minimum Gasteiger partial charge on any atom is -0.207 e. The molecule has 0 aromatic heterocycles. The van der Waals surface area contributed by atoms with Gasteiger partial charge < -0.3 is 0 Å². The van der Waals surface area contributed by atoms with Crippen LogP contribution in [0.2, 0.25) is 0 Å². The molecule has 0 unspecified atom stereocenters. The topological polar surface area (TPSA) is 0 Å². The second-order valence-electron chi connectivity index (χ2n) is 2.06. The molecule has 0 spiro atoms. The molecule has 0 nitrogen and oxygen atoms in total. The third-order valence-electron chi connectivity index (χ3n) is 1.22. The first-order valence-electron chi connectivity index (χ1n) is 3.24. The summed E-state index contributed by atoms with van der Waals surface area (Å²) in [5.41, 5.74) is 0.0376. The summed E-state index contributed by atoms with van der Waals surface area (Å²) in [5.74, 6) is 3.92. The van der Waals surface area contributed by atoms with Gasteiger partial charge in [-0.1, -0.05) is 11.8 Å². The standard InChI is InChI=1S/C9H5ClF2/c10-5-1-2-7-6-8(11)3-4-9(7)12/h3-4,6H,5H2. The van der Waals surface area contributed by atoms with E-state index in [1.165, 1.54) is 0 Å². The SMILES string of the molecule is Fc1ccc(F)c(C#CCCl)c1. The van der Waals surface area contributed by atoms with Crippen LogP contribution < -0.4 is 0 Å². The maximum atomic E-state index is 12.8. The maximum Gasteiger partial charge on any atom is 0.139 e. The fourth-order valence-electron chi connectivity index (χ4n) is 0.722. The minimum atomic E-state index is -0.533. The van der Waals surface area contributed by atoms with Crippen molar-refractivity contribution in [3.05, 3.63) is 35.4 Å². The van der Waals surface area contributed by atoms with E-state index in [9.17, 15) is 8.78 Å². The van der Waals surface area contributed by atoms with Crippen LogP contribution in [0.15, 0.2) is 18.2 Å². The lowest BCUT2D eigenvalue weighted by Gasteiger charge is -1.92. The monoisotopic (exact) mass is 186 g/mol. The lowest BCUT2D eigenvalue weighted by atomic mass is 10.2. The van der Waals surface area contributed by atoms with Crippen molar-refractivity contribution in [2.45, 2.75) is 0 Å². The van der Waals surface area contributed by atoms with Gasteiger partial charge in [-0.2, -0.15) is 0 Å². The predicted octanol–water partition coefficient (Wildman–Crippen LogP) is 2.56. The Morgan fingerprint density at radius 1 is 1.33 bits per heavy atom. The summed E-state index contributed by atoms with van der Waals surface area (Å²) in [6, 6.07) is 3.11. The van der Waals surface area contributed by atoms with Crippen molar-refractivity contribution in [2.24, 2.45) is 0 Å². The molecule has 0 amide bonds. The maximum absolute atomic E-state index is 12.8. The van der Waals surface area contributed by atoms with Gasteiger partial charge in [0.05, 0.1) is 11.4 Å². The third kappa shape index (κ3) is 2.21. The Morgan fingerprint density at radius 2 is 2.08 bits per heavy atom. The van der Waals surface area contributed by atoms with E-state index in [0.717, 1.165) is 18.2 Å². The van der Waals surface area contributed by atoms with Crippen molar-refractivity contribution >= 4 is 11.6 Å². The van der Waals surface area contributed by atoms with Crippen molar-refractivity contribution in [1.82, 2.24) is 0 Å². The van der Waals surface area contributed by atoms with Crippen molar-refractivity contribution < 1.29 is 8.78 Å². The van der Waals surface area contributed by atoms with Crippen LogP contribution >= 0.6 is 11.6 Å². The molecule has 0 aliphatic rings. The number of halogens is 3. The highest BCUT2D eigenvalue weighted by Gasteiger charge is 1.99. The van der Waals surface area contributed by atoms with Crippen molar-refractivity contribution in [3.8, 4) is 11.8 Å². The average molecular weight is 187 g/mol. The molecular formula is C9H5ClF2. The molecule has 0 aliphatic carbocycles. The van der Waals surface area contributed by atoms with Crippen LogP contribution in [-0.2, 0) is 0 Å². The van der Waals surface area contributed by atoms with E-state index in [1.54, 1.807) is 0 Å². The molecular weight excluding hydrogens is 182 g/mol. The highest BCUT2D eigenvalue weighted by Crippen LogP contribution is 2.07. The van der Waals surface area contributed by atoms with Crippen molar-refractivity contribution in [2.75, 3.05) is 5.88 Å². The molecule has 1 aromatic carbocycles. The van der Waals surface area contributed by atoms with E-state index in [2.05, 4.69) is 11.8 Å². The Hall–Kier alpha value is -1.07. The minimum absolute atomic E-state index is 0.0376. The second-order valence-corrected chi connectivity index (χ2v) is 2.33. The van der Waals surface area contributed by atoms with Gasteiger partial charge in [0, 0.05) is 0 Å². The molecule has 3 heteroatoms. The molecule has 0 bridgehead atoms. The number of hydrogen-bond donors (Lipinski definition) is 0. The van der Waals surface area contributed by atoms with Crippen LogP contribution in [0.25, 0.3) is 0 Å². The zero-order valence-corrected chi connectivity index (χ0v) is 6.83. The van der Waals surface area contributed by atoms with Crippen LogP contribution in [0.3, 0.4) is 0 Å². The number of benzene rings is 1. The summed E-state index contributed by atoms with van der Waals surface area (Å²) in [7, 11) is 0.